The van der Waals surface area contributed by atoms with Gasteiger partial charge in [-0.25, -0.2) is 4.79 Å². The summed E-state index contributed by atoms with van der Waals surface area (Å²) < 4.78 is 21.4. The minimum absolute atomic E-state index is 0.225. The lowest BCUT2D eigenvalue weighted by Gasteiger charge is -2.14. The average molecular weight is 383 g/mol. The number of nitrogens with one attached hydrogen (secondary N) is 1. The van der Waals surface area contributed by atoms with Gasteiger partial charge in [-0.05, 0) is 49.2 Å². The maximum Gasteiger partial charge on any atom is 0.336 e. The zero-order chi connectivity index (χ0) is 20.3. The fraction of sp³-hybridized carbons (Fsp3) is 0.238. The molecule has 0 saturated heterocycles. The van der Waals surface area contributed by atoms with Crippen LogP contribution in [0.15, 0.2) is 45.6 Å². The summed E-state index contributed by atoms with van der Waals surface area (Å²) in [7, 11) is 3.06. The summed E-state index contributed by atoms with van der Waals surface area (Å²) in [4.78, 5) is 24.0. The van der Waals surface area contributed by atoms with Crippen molar-refractivity contribution in [2.75, 3.05) is 26.1 Å². The molecule has 0 atom stereocenters. The lowest BCUT2D eigenvalue weighted by atomic mass is 10.1. The van der Waals surface area contributed by atoms with E-state index in [-0.39, 0.29) is 12.5 Å². The van der Waals surface area contributed by atoms with Gasteiger partial charge in [0.1, 0.15) is 22.8 Å². The SMILES string of the molecule is COc1ccc(OC)c(NC(=O)COc2cc(C)cc3oc(=O)cc(C)c23)c1. The number of carbonyl (C=O) groups is 1. The Kier molecular flexibility index (Phi) is 5.54. The van der Waals surface area contributed by atoms with E-state index < -0.39 is 5.63 Å². The summed E-state index contributed by atoms with van der Waals surface area (Å²) in [6.45, 7) is 3.43. The van der Waals surface area contributed by atoms with Crippen LogP contribution in [0.25, 0.3) is 11.0 Å². The van der Waals surface area contributed by atoms with E-state index in [1.807, 2.05) is 6.92 Å². The lowest BCUT2D eigenvalue weighted by molar-refractivity contribution is -0.118. The molecule has 28 heavy (non-hydrogen) atoms. The molecule has 0 unspecified atom stereocenters. The third-order valence-electron chi connectivity index (χ3n) is 4.19. The highest BCUT2D eigenvalue weighted by Crippen LogP contribution is 2.30. The van der Waals surface area contributed by atoms with E-state index >= 15 is 0 Å². The number of benzene rings is 2. The second-order valence-electron chi connectivity index (χ2n) is 6.29. The molecule has 3 rings (SSSR count). The predicted octanol–water partition coefficient (Wildman–Crippen LogP) is 3.44. The largest absolute Gasteiger partial charge is 0.497 e. The molecular formula is C21H21NO6. The molecule has 1 N–H and O–H groups in total. The van der Waals surface area contributed by atoms with Gasteiger partial charge in [-0.15, -0.1) is 0 Å². The molecule has 7 heteroatoms. The molecule has 0 aliphatic heterocycles. The number of rotatable bonds is 6. The van der Waals surface area contributed by atoms with Crippen LogP contribution in [-0.4, -0.2) is 26.7 Å². The van der Waals surface area contributed by atoms with Gasteiger partial charge in [-0.1, -0.05) is 0 Å². The van der Waals surface area contributed by atoms with E-state index in [0.29, 0.717) is 33.9 Å². The molecule has 1 aromatic heterocycles. The van der Waals surface area contributed by atoms with Crippen LogP contribution in [0.2, 0.25) is 0 Å². The quantitative estimate of drug-likeness (QED) is 0.656. The van der Waals surface area contributed by atoms with Crippen LogP contribution in [-0.2, 0) is 4.79 Å². The Bertz CT molecular complexity index is 1090. The lowest BCUT2D eigenvalue weighted by Crippen LogP contribution is -2.20. The first-order valence-corrected chi connectivity index (χ1v) is 8.61. The second-order valence-corrected chi connectivity index (χ2v) is 6.29. The second kappa shape index (κ2) is 8.04. The van der Waals surface area contributed by atoms with Gasteiger partial charge in [-0.2, -0.15) is 0 Å². The molecule has 1 amide bonds. The smallest absolute Gasteiger partial charge is 0.336 e. The summed E-state index contributed by atoms with van der Waals surface area (Å²) in [5.74, 6) is 1.21. The Hall–Kier alpha value is -3.48. The Balaban J connectivity index is 1.81. The number of hydrogen-bond acceptors (Lipinski definition) is 6. The van der Waals surface area contributed by atoms with Crippen LogP contribution in [0, 0.1) is 13.8 Å². The average Bonchev–Trinajstić information content (AvgIpc) is 2.65. The van der Waals surface area contributed by atoms with Crippen LogP contribution in [0.3, 0.4) is 0 Å². The number of methoxy groups -OCH3 is 2. The normalized spacial score (nSPS) is 10.6. The van der Waals surface area contributed by atoms with E-state index in [4.69, 9.17) is 18.6 Å². The standard InChI is InChI=1S/C21H21NO6/c1-12-7-17(21-13(2)9-20(24)28-18(21)8-12)27-11-19(23)22-15-10-14(25-3)5-6-16(15)26-4/h5-10H,11H2,1-4H3,(H,22,23). The Morgan fingerprint density at radius 2 is 1.82 bits per heavy atom. The van der Waals surface area contributed by atoms with Crippen LogP contribution < -0.4 is 25.2 Å². The van der Waals surface area contributed by atoms with E-state index in [1.54, 1.807) is 44.4 Å². The van der Waals surface area contributed by atoms with E-state index in [2.05, 4.69) is 5.32 Å². The van der Waals surface area contributed by atoms with Crippen molar-refractivity contribution in [3.8, 4) is 17.2 Å². The van der Waals surface area contributed by atoms with E-state index in [1.165, 1.54) is 13.2 Å². The maximum absolute atomic E-state index is 12.4. The van der Waals surface area contributed by atoms with Crippen LogP contribution in [0.1, 0.15) is 11.1 Å². The topological polar surface area (TPSA) is 87.0 Å². The van der Waals surface area contributed by atoms with Gasteiger partial charge >= 0.3 is 5.63 Å². The minimum Gasteiger partial charge on any atom is -0.497 e. The van der Waals surface area contributed by atoms with Crippen molar-refractivity contribution in [1.82, 2.24) is 0 Å². The number of anilines is 1. The fourth-order valence-corrected chi connectivity index (χ4v) is 2.93. The summed E-state index contributed by atoms with van der Waals surface area (Å²) in [6.07, 6.45) is 0. The molecule has 1 heterocycles. The molecule has 0 aliphatic carbocycles. The first-order chi connectivity index (χ1) is 13.4. The molecule has 146 valence electrons. The zero-order valence-corrected chi connectivity index (χ0v) is 16.1. The Labute approximate surface area is 161 Å². The predicted molar refractivity (Wildman–Crippen MR) is 106 cm³/mol. The monoisotopic (exact) mass is 383 g/mol. The number of hydrogen-bond donors (Lipinski definition) is 1. The molecular weight excluding hydrogens is 362 g/mol. The van der Waals surface area contributed by atoms with Gasteiger partial charge in [0.05, 0.1) is 25.3 Å². The number of aryl methyl sites for hydroxylation is 2. The van der Waals surface area contributed by atoms with Crippen molar-refractivity contribution >= 4 is 22.6 Å². The van der Waals surface area contributed by atoms with Crippen LogP contribution in [0.4, 0.5) is 5.69 Å². The van der Waals surface area contributed by atoms with Crippen molar-refractivity contribution in [3.63, 3.8) is 0 Å². The van der Waals surface area contributed by atoms with Gasteiger partial charge in [0.25, 0.3) is 5.91 Å². The molecule has 2 aromatic carbocycles. The van der Waals surface area contributed by atoms with Crippen molar-refractivity contribution in [1.29, 1.82) is 0 Å². The Morgan fingerprint density at radius 3 is 2.54 bits per heavy atom. The Morgan fingerprint density at radius 1 is 1.04 bits per heavy atom. The molecule has 0 spiro atoms. The van der Waals surface area contributed by atoms with Crippen LogP contribution in [0.5, 0.6) is 17.2 Å². The number of carbonyl (C=O) groups excluding carboxylic acids is 1. The summed E-state index contributed by atoms with van der Waals surface area (Å²) >= 11 is 0. The first-order valence-electron chi connectivity index (χ1n) is 8.61. The van der Waals surface area contributed by atoms with Crippen molar-refractivity contribution in [2.45, 2.75) is 13.8 Å². The first kappa shape index (κ1) is 19.3. The van der Waals surface area contributed by atoms with E-state index in [9.17, 15) is 9.59 Å². The molecule has 0 radical (unpaired) electrons. The molecule has 0 fully saturated rings. The molecule has 0 aliphatic rings. The number of fused-ring (bicyclic) bond motifs is 1. The maximum atomic E-state index is 12.4. The van der Waals surface area contributed by atoms with Crippen molar-refractivity contribution < 1.29 is 23.4 Å². The summed E-state index contributed by atoms with van der Waals surface area (Å²) in [6, 6.07) is 10.1. The highest BCUT2D eigenvalue weighted by Gasteiger charge is 2.13. The summed E-state index contributed by atoms with van der Waals surface area (Å²) in [5, 5.41) is 3.41. The van der Waals surface area contributed by atoms with Crippen molar-refractivity contribution in [2.24, 2.45) is 0 Å². The van der Waals surface area contributed by atoms with Crippen LogP contribution >= 0.6 is 0 Å². The van der Waals surface area contributed by atoms with Gasteiger partial charge in [-0.3, -0.25) is 4.79 Å². The molecule has 3 aromatic rings. The highest BCUT2D eigenvalue weighted by molar-refractivity contribution is 5.94. The third-order valence-corrected chi connectivity index (χ3v) is 4.19. The highest BCUT2D eigenvalue weighted by atomic mass is 16.5. The van der Waals surface area contributed by atoms with Crippen molar-refractivity contribution in [3.05, 3.63) is 57.9 Å². The number of ether oxygens (including phenoxy) is 3. The molecule has 7 nitrogen and oxygen atoms in total. The van der Waals surface area contributed by atoms with Gasteiger partial charge in [0.2, 0.25) is 0 Å². The van der Waals surface area contributed by atoms with Gasteiger partial charge in [0, 0.05) is 12.1 Å². The molecule has 0 bridgehead atoms. The minimum atomic E-state index is -0.426. The van der Waals surface area contributed by atoms with E-state index in [0.717, 1.165) is 11.1 Å². The third kappa shape index (κ3) is 4.09. The van der Waals surface area contributed by atoms with Gasteiger partial charge in [0.15, 0.2) is 6.61 Å². The molecule has 0 saturated carbocycles. The summed E-state index contributed by atoms with van der Waals surface area (Å²) in [5.41, 5.74) is 2.05. The fourth-order valence-electron chi connectivity index (χ4n) is 2.93. The zero-order valence-electron chi connectivity index (χ0n) is 16.1. The van der Waals surface area contributed by atoms with Gasteiger partial charge < -0.3 is 23.9 Å². The number of amides is 1.